The number of rotatable bonds is 6. The molecule has 2 unspecified atom stereocenters. The average molecular weight is 379 g/mol. The van der Waals surface area contributed by atoms with Crippen molar-refractivity contribution in [3.8, 4) is 0 Å². The van der Waals surface area contributed by atoms with E-state index in [1.807, 2.05) is 6.92 Å². The molecule has 2 aliphatic heterocycles. The van der Waals surface area contributed by atoms with Crippen LogP contribution in [0.1, 0.15) is 59.3 Å². The van der Waals surface area contributed by atoms with Gasteiger partial charge in [-0.15, -0.1) is 0 Å². The molecular formula is C21H38N4O2. The lowest BCUT2D eigenvalue weighted by atomic mass is 9.85. The number of hydrogen-bond acceptors (Lipinski definition) is 4. The van der Waals surface area contributed by atoms with Crippen LogP contribution in [0, 0.1) is 5.41 Å². The number of likely N-dealkylation sites (tertiary alicyclic amines) is 1. The van der Waals surface area contributed by atoms with Gasteiger partial charge in [-0.3, -0.25) is 14.5 Å². The van der Waals surface area contributed by atoms with Gasteiger partial charge < -0.3 is 15.1 Å². The third kappa shape index (κ3) is 5.23. The smallest absolute Gasteiger partial charge is 0.223 e. The zero-order valence-corrected chi connectivity index (χ0v) is 17.5. The molecule has 3 aliphatic rings. The van der Waals surface area contributed by atoms with Gasteiger partial charge in [-0.1, -0.05) is 6.92 Å². The first kappa shape index (κ1) is 20.6. The molecule has 6 heteroatoms. The Morgan fingerprint density at radius 1 is 1.11 bits per heavy atom. The fraction of sp³-hybridized carbons (Fsp3) is 0.905. The largest absolute Gasteiger partial charge is 0.353 e. The molecule has 0 aromatic carbocycles. The lowest BCUT2D eigenvalue weighted by Crippen LogP contribution is -2.49. The molecule has 3 rings (SSSR count). The van der Waals surface area contributed by atoms with Crippen LogP contribution < -0.4 is 5.32 Å². The molecule has 3 fully saturated rings. The molecule has 1 saturated carbocycles. The summed E-state index contributed by atoms with van der Waals surface area (Å²) < 4.78 is 0. The van der Waals surface area contributed by atoms with Crippen LogP contribution in [0.2, 0.25) is 0 Å². The monoisotopic (exact) mass is 378 g/mol. The zero-order valence-electron chi connectivity index (χ0n) is 17.5. The number of amides is 2. The van der Waals surface area contributed by atoms with Gasteiger partial charge in [-0.05, 0) is 44.9 Å². The summed E-state index contributed by atoms with van der Waals surface area (Å²) in [6.07, 6.45) is 5.55. The van der Waals surface area contributed by atoms with Crippen molar-refractivity contribution in [2.24, 2.45) is 5.41 Å². The van der Waals surface area contributed by atoms with Gasteiger partial charge in [0.05, 0.1) is 0 Å². The molecule has 154 valence electrons. The molecule has 2 atom stereocenters. The molecule has 0 radical (unpaired) electrons. The van der Waals surface area contributed by atoms with Crippen LogP contribution in [0.4, 0.5) is 0 Å². The molecular weight excluding hydrogens is 340 g/mol. The molecule has 1 spiro atoms. The average Bonchev–Trinajstić information content (AvgIpc) is 3.26. The van der Waals surface area contributed by atoms with Gasteiger partial charge in [0.15, 0.2) is 0 Å². The number of nitrogens with one attached hydrogen (secondary N) is 1. The molecule has 1 aliphatic carbocycles. The van der Waals surface area contributed by atoms with E-state index < -0.39 is 0 Å². The highest BCUT2D eigenvalue weighted by Crippen LogP contribution is 2.45. The lowest BCUT2D eigenvalue weighted by Gasteiger charge is -2.37. The summed E-state index contributed by atoms with van der Waals surface area (Å²) in [4.78, 5) is 31.4. The van der Waals surface area contributed by atoms with Gasteiger partial charge in [0.25, 0.3) is 0 Å². The maximum absolute atomic E-state index is 12.7. The summed E-state index contributed by atoms with van der Waals surface area (Å²) in [6.45, 7) is 13.5. The van der Waals surface area contributed by atoms with Crippen molar-refractivity contribution in [1.29, 1.82) is 0 Å². The van der Waals surface area contributed by atoms with Crippen LogP contribution in [0.5, 0.6) is 0 Å². The standard InChI is InChI=1S/C21H38N4O2/c1-4-19(26)22-18-5-7-21(15-18)8-10-25(16-21)20(27)6-9-23-11-13-24(14-12-23)17(2)3/h17-18H,4-16H2,1-3H3,(H,22,26). The minimum Gasteiger partial charge on any atom is -0.353 e. The van der Waals surface area contributed by atoms with Gasteiger partial charge in [0.1, 0.15) is 0 Å². The molecule has 1 N–H and O–H groups in total. The Morgan fingerprint density at radius 2 is 1.85 bits per heavy atom. The van der Waals surface area contributed by atoms with Crippen molar-refractivity contribution in [3.05, 3.63) is 0 Å². The molecule has 27 heavy (non-hydrogen) atoms. The molecule has 0 aromatic rings. The number of piperazine rings is 1. The summed E-state index contributed by atoms with van der Waals surface area (Å²) >= 11 is 0. The van der Waals surface area contributed by atoms with Crippen LogP contribution in [0.25, 0.3) is 0 Å². The maximum atomic E-state index is 12.7. The summed E-state index contributed by atoms with van der Waals surface area (Å²) in [5, 5.41) is 3.15. The van der Waals surface area contributed by atoms with Crippen molar-refractivity contribution in [2.45, 2.75) is 71.4 Å². The second kappa shape index (κ2) is 8.91. The number of hydrogen-bond donors (Lipinski definition) is 1. The molecule has 0 bridgehead atoms. The van der Waals surface area contributed by atoms with E-state index >= 15 is 0 Å². The highest BCUT2D eigenvalue weighted by molar-refractivity contribution is 5.77. The van der Waals surface area contributed by atoms with E-state index in [9.17, 15) is 9.59 Å². The quantitative estimate of drug-likeness (QED) is 0.764. The number of carbonyl (C=O) groups is 2. The van der Waals surface area contributed by atoms with E-state index in [1.54, 1.807) is 0 Å². The fourth-order valence-electron chi connectivity index (χ4n) is 5.09. The third-order valence-corrected chi connectivity index (χ3v) is 6.96. The molecule has 6 nitrogen and oxygen atoms in total. The summed E-state index contributed by atoms with van der Waals surface area (Å²) in [5.74, 6) is 0.472. The van der Waals surface area contributed by atoms with Crippen LogP contribution in [-0.2, 0) is 9.59 Å². The molecule has 0 aromatic heterocycles. The first-order valence-corrected chi connectivity index (χ1v) is 10.9. The van der Waals surface area contributed by atoms with Gasteiger partial charge in [0, 0.05) is 70.7 Å². The van der Waals surface area contributed by atoms with E-state index in [0.717, 1.165) is 71.5 Å². The van der Waals surface area contributed by atoms with E-state index in [0.29, 0.717) is 30.8 Å². The first-order chi connectivity index (χ1) is 12.9. The highest BCUT2D eigenvalue weighted by atomic mass is 16.2. The Hall–Kier alpha value is -1.14. The Morgan fingerprint density at radius 3 is 2.52 bits per heavy atom. The van der Waals surface area contributed by atoms with Crippen LogP contribution in [0.15, 0.2) is 0 Å². The van der Waals surface area contributed by atoms with Crippen molar-refractivity contribution in [3.63, 3.8) is 0 Å². The Balaban J connectivity index is 1.39. The van der Waals surface area contributed by atoms with Crippen LogP contribution >= 0.6 is 0 Å². The highest BCUT2D eigenvalue weighted by Gasteiger charge is 2.45. The maximum Gasteiger partial charge on any atom is 0.223 e. The van der Waals surface area contributed by atoms with Gasteiger partial charge >= 0.3 is 0 Å². The first-order valence-electron chi connectivity index (χ1n) is 10.9. The van der Waals surface area contributed by atoms with E-state index in [4.69, 9.17) is 0 Å². The van der Waals surface area contributed by atoms with E-state index in [-0.39, 0.29) is 11.3 Å². The van der Waals surface area contributed by atoms with Crippen molar-refractivity contribution < 1.29 is 9.59 Å². The van der Waals surface area contributed by atoms with E-state index in [2.05, 4.69) is 33.9 Å². The van der Waals surface area contributed by atoms with E-state index in [1.165, 1.54) is 0 Å². The minimum atomic E-state index is 0.153. The van der Waals surface area contributed by atoms with Crippen molar-refractivity contribution in [1.82, 2.24) is 20.0 Å². The third-order valence-electron chi connectivity index (χ3n) is 6.96. The van der Waals surface area contributed by atoms with Crippen LogP contribution in [0.3, 0.4) is 0 Å². The predicted octanol–water partition coefficient (Wildman–Crippen LogP) is 1.70. The van der Waals surface area contributed by atoms with Crippen LogP contribution in [-0.4, -0.2) is 84.4 Å². The Kier molecular flexibility index (Phi) is 6.79. The van der Waals surface area contributed by atoms with Gasteiger partial charge in [-0.25, -0.2) is 0 Å². The Bertz CT molecular complexity index is 530. The second-order valence-corrected chi connectivity index (χ2v) is 9.15. The van der Waals surface area contributed by atoms with Crippen molar-refractivity contribution >= 4 is 11.8 Å². The topological polar surface area (TPSA) is 55.9 Å². The SMILES string of the molecule is CCC(=O)NC1CCC2(CCN(C(=O)CCN3CCN(C(C)C)CC3)C2)C1. The second-order valence-electron chi connectivity index (χ2n) is 9.15. The number of carbonyl (C=O) groups excluding carboxylic acids is 2. The molecule has 2 amide bonds. The number of nitrogens with zero attached hydrogens (tertiary/aromatic N) is 3. The minimum absolute atomic E-state index is 0.153. The summed E-state index contributed by atoms with van der Waals surface area (Å²) in [6, 6.07) is 0.927. The Labute approximate surface area is 164 Å². The summed E-state index contributed by atoms with van der Waals surface area (Å²) in [5.41, 5.74) is 0.254. The fourth-order valence-corrected chi connectivity index (χ4v) is 5.09. The molecule has 2 saturated heterocycles. The van der Waals surface area contributed by atoms with Gasteiger partial charge in [0.2, 0.25) is 11.8 Å². The van der Waals surface area contributed by atoms with Gasteiger partial charge in [-0.2, -0.15) is 0 Å². The molecule has 2 heterocycles. The zero-order chi connectivity index (χ0) is 19.4. The van der Waals surface area contributed by atoms with Crippen molar-refractivity contribution in [2.75, 3.05) is 45.8 Å². The lowest BCUT2D eigenvalue weighted by molar-refractivity contribution is -0.131. The summed E-state index contributed by atoms with van der Waals surface area (Å²) in [7, 11) is 0. The normalized spacial score (nSPS) is 29.8. The predicted molar refractivity (Wildman–Crippen MR) is 107 cm³/mol.